The molecule has 0 aliphatic carbocycles. The van der Waals surface area contributed by atoms with Crippen LogP contribution in [-0.2, 0) is 0 Å². The highest BCUT2D eigenvalue weighted by Crippen LogP contribution is 2.27. The van der Waals surface area contributed by atoms with Gasteiger partial charge in [0.1, 0.15) is 5.69 Å². The molecule has 1 aromatic carbocycles. The van der Waals surface area contributed by atoms with E-state index in [1.54, 1.807) is 0 Å². The molecule has 0 aliphatic rings. The molecule has 1 amide bonds. The highest BCUT2D eigenvalue weighted by molar-refractivity contribution is 6.01. The lowest BCUT2D eigenvalue weighted by Gasteiger charge is -2.09. The zero-order valence-corrected chi connectivity index (χ0v) is 10.1. The van der Waals surface area contributed by atoms with Gasteiger partial charge in [0.2, 0.25) is 0 Å². The number of nitrogens with one attached hydrogen (secondary N) is 2. The van der Waals surface area contributed by atoms with E-state index in [2.05, 4.69) is 10.7 Å². The lowest BCUT2D eigenvalue weighted by molar-refractivity contribution is -0.384. The van der Waals surface area contributed by atoms with Crippen molar-refractivity contribution in [2.75, 3.05) is 12.0 Å². The van der Waals surface area contributed by atoms with E-state index in [9.17, 15) is 14.9 Å². The first-order valence-corrected chi connectivity index (χ1v) is 5.64. The van der Waals surface area contributed by atoms with Crippen LogP contribution >= 0.6 is 0 Å². The largest absolute Gasteiger partial charge is 0.352 e. The van der Waals surface area contributed by atoms with Crippen LogP contribution in [0.15, 0.2) is 18.2 Å². The van der Waals surface area contributed by atoms with Gasteiger partial charge in [-0.2, -0.15) is 0 Å². The molecule has 0 spiro atoms. The van der Waals surface area contributed by atoms with Gasteiger partial charge in [-0.1, -0.05) is 19.4 Å². The van der Waals surface area contributed by atoms with Crippen molar-refractivity contribution in [1.82, 2.24) is 5.32 Å². The normalized spacial score (nSPS) is 9.89. The van der Waals surface area contributed by atoms with Crippen LogP contribution in [0.5, 0.6) is 0 Å². The van der Waals surface area contributed by atoms with Gasteiger partial charge in [-0.15, -0.1) is 0 Å². The van der Waals surface area contributed by atoms with E-state index in [4.69, 9.17) is 5.84 Å². The number of nitro benzene ring substituents is 1. The van der Waals surface area contributed by atoms with E-state index in [1.807, 2.05) is 6.92 Å². The number of para-hydroxylation sites is 1. The van der Waals surface area contributed by atoms with E-state index in [1.165, 1.54) is 18.2 Å². The standard InChI is InChI=1S/C11H16N4O3/c1-2-3-7-13-11(16)8-5-4-6-9(15(17)18)10(8)14-12/h4-6,14H,2-3,7,12H2,1H3,(H,13,16). The number of nitrogens with two attached hydrogens (primary N) is 1. The minimum Gasteiger partial charge on any atom is -0.352 e. The zero-order chi connectivity index (χ0) is 13.5. The summed E-state index contributed by atoms with van der Waals surface area (Å²) >= 11 is 0. The first kappa shape index (κ1) is 13.9. The predicted octanol–water partition coefficient (Wildman–Crippen LogP) is 1.41. The van der Waals surface area contributed by atoms with Crippen LogP contribution in [-0.4, -0.2) is 17.4 Å². The highest BCUT2D eigenvalue weighted by Gasteiger charge is 2.20. The smallest absolute Gasteiger partial charge is 0.294 e. The number of carbonyl (C=O) groups is 1. The molecule has 0 aromatic heterocycles. The van der Waals surface area contributed by atoms with Gasteiger partial charge >= 0.3 is 0 Å². The van der Waals surface area contributed by atoms with Gasteiger partial charge in [-0.25, -0.2) is 0 Å². The summed E-state index contributed by atoms with van der Waals surface area (Å²) in [4.78, 5) is 22.1. The van der Waals surface area contributed by atoms with Gasteiger partial charge in [0.15, 0.2) is 0 Å². The molecule has 0 fully saturated rings. The summed E-state index contributed by atoms with van der Waals surface area (Å²) in [6.45, 7) is 2.54. The number of nitrogens with zero attached hydrogens (tertiary/aromatic N) is 1. The third kappa shape index (κ3) is 3.17. The number of hydrazine groups is 1. The average molecular weight is 252 g/mol. The molecule has 1 aromatic rings. The van der Waals surface area contributed by atoms with Gasteiger partial charge in [0.05, 0.1) is 10.5 Å². The van der Waals surface area contributed by atoms with Gasteiger partial charge in [0, 0.05) is 12.6 Å². The second kappa shape index (κ2) is 6.55. The number of anilines is 1. The fourth-order valence-electron chi connectivity index (χ4n) is 1.51. The monoisotopic (exact) mass is 252 g/mol. The third-order valence-corrected chi connectivity index (χ3v) is 2.44. The SMILES string of the molecule is CCCCNC(=O)c1cccc([N+](=O)[O-])c1NN. The average Bonchev–Trinajstić information content (AvgIpc) is 2.37. The van der Waals surface area contributed by atoms with E-state index >= 15 is 0 Å². The Kier molecular flexibility index (Phi) is 5.06. The Bertz CT molecular complexity index is 448. The molecule has 7 nitrogen and oxygen atoms in total. The Morgan fingerprint density at radius 2 is 2.22 bits per heavy atom. The number of nitrogen functional groups attached to an aromatic ring is 1. The van der Waals surface area contributed by atoms with Crippen molar-refractivity contribution in [3.63, 3.8) is 0 Å². The Labute approximate surface area is 104 Å². The Hall–Kier alpha value is -2.15. The Morgan fingerprint density at radius 1 is 1.50 bits per heavy atom. The number of carbonyl (C=O) groups excluding carboxylic acids is 1. The summed E-state index contributed by atoms with van der Waals surface area (Å²) in [5.74, 6) is 4.87. The maximum atomic E-state index is 11.8. The van der Waals surface area contributed by atoms with E-state index < -0.39 is 4.92 Å². The predicted molar refractivity (Wildman–Crippen MR) is 68.1 cm³/mol. The maximum absolute atomic E-state index is 11.8. The lowest BCUT2D eigenvalue weighted by atomic mass is 10.1. The van der Waals surface area contributed by atoms with Crippen LogP contribution in [0.4, 0.5) is 11.4 Å². The van der Waals surface area contributed by atoms with E-state index in [0.29, 0.717) is 6.54 Å². The number of nitro groups is 1. The molecule has 0 aliphatic heterocycles. The fourth-order valence-corrected chi connectivity index (χ4v) is 1.51. The first-order chi connectivity index (χ1) is 8.61. The maximum Gasteiger partial charge on any atom is 0.294 e. The zero-order valence-electron chi connectivity index (χ0n) is 10.1. The fraction of sp³-hybridized carbons (Fsp3) is 0.364. The number of benzene rings is 1. The molecule has 0 saturated heterocycles. The second-order valence-corrected chi connectivity index (χ2v) is 3.71. The Morgan fingerprint density at radius 3 is 2.78 bits per heavy atom. The van der Waals surface area contributed by atoms with Crippen molar-refractivity contribution in [2.24, 2.45) is 5.84 Å². The van der Waals surface area contributed by atoms with Gasteiger partial charge < -0.3 is 10.7 Å². The van der Waals surface area contributed by atoms with Crippen molar-refractivity contribution in [3.05, 3.63) is 33.9 Å². The topological polar surface area (TPSA) is 110 Å². The van der Waals surface area contributed by atoms with Gasteiger partial charge in [-0.05, 0) is 12.5 Å². The van der Waals surface area contributed by atoms with E-state index in [-0.39, 0.29) is 22.8 Å². The summed E-state index contributed by atoms with van der Waals surface area (Å²) < 4.78 is 0. The van der Waals surface area contributed by atoms with Crippen molar-refractivity contribution >= 4 is 17.3 Å². The van der Waals surface area contributed by atoms with Crippen LogP contribution in [0, 0.1) is 10.1 Å². The van der Waals surface area contributed by atoms with Crippen molar-refractivity contribution in [2.45, 2.75) is 19.8 Å². The van der Waals surface area contributed by atoms with Crippen LogP contribution in [0.3, 0.4) is 0 Å². The minimum atomic E-state index is -0.585. The van der Waals surface area contributed by atoms with Crippen molar-refractivity contribution < 1.29 is 9.72 Å². The molecule has 0 atom stereocenters. The quantitative estimate of drug-likeness (QED) is 0.307. The number of hydrogen-bond acceptors (Lipinski definition) is 5. The van der Waals surface area contributed by atoms with Crippen molar-refractivity contribution in [1.29, 1.82) is 0 Å². The van der Waals surface area contributed by atoms with Crippen LogP contribution in [0.2, 0.25) is 0 Å². The molecule has 0 unspecified atom stereocenters. The molecule has 1 rings (SSSR count). The number of unbranched alkanes of at least 4 members (excludes halogenated alkanes) is 1. The third-order valence-electron chi connectivity index (χ3n) is 2.44. The minimum absolute atomic E-state index is 0.0245. The second-order valence-electron chi connectivity index (χ2n) is 3.71. The van der Waals surface area contributed by atoms with Gasteiger partial charge in [-0.3, -0.25) is 20.8 Å². The molecular formula is C11H16N4O3. The summed E-state index contributed by atoms with van der Waals surface area (Å²) in [6, 6.07) is 4.23. The highest BCUT2D eigenvalue weighted by atomic mass is 16.6. The summed E-state index contributed by atoms with van der Waals surface area (Å²) in [5, 5.41) is 13.5. The van der Waals surface area contributed by atoms with E-state index in [0.717, 1.165) is 12.8 Å². The molecule has 18 heavy (non-hydrogen) atoms. The molecule has 98 valence electrons. The summed E-state index contributed by atoms with van der Waals surface area (Å²) in [7, 11) is 0. The number of hydrogen-bond donors (Lipinski definition) is 3. The van der Waals surface area contributed by atoms with Crippen LogP contribution in [0.25, 0.3) is 0 Å². The molecule has 7 heteroatoms. The molecular weight excluding hydrogens is 236 g/mol. The van der Waals surface area contributed by atoms with Gasteiger partial charge in [0.25, 0.3) is 11.6 Å². The molecule has 0 heterocycles. The summed E-state index contributed by atoms with van der Waals surface area (Å²) in [5.41, 5.74) is 2.19. The lowest BCUT2D eigenvalue weighted by Crippen LogP contribution is -2.26. The molecule has 0 saturated carbocycles. The molecule has 0 radical (unpaired) electrons. The number of rotatable bonds is 6. The van der Waals surface area contributed by atoms with Crippen LogP contribution < -0.4 is 16.6 Å². The van der Waals surface area contributed by atoms with Crippen LogP contribution in [0.1, 0.15) is 30.1 Å². The molecule has 4 N–H and O–H groups in total. The molecule has 0 bridgehead atoms. The summed E-state index contributed by atoms with van der Waals surface area (Å²) in [6.07, 6.45) is 1.81. The Balaban J connectivity index is 2.97. The first-order valence-electron chi connectivity index (χ1n) is 5.64. The number of amides is 1. The van der Waals surface area contributed by atoms with Crippen molar-refractivity contribution in [3.8, 4) is 0 Å².